The Bertz CT molecular complexity index is 617. The summed E-state index contributed by atoms with van der Waals surface area (Å²) in [5.41, 5.74) is 1.76. The van der Waals surface area contributed by atoms with Gasteiger partial charge in [0.25, 0.3) is 0 Å². The molecule has 1 heterocycles. The summed E-state index contributed by atoms with van der Waals surface area (Å²) in [6.45, 7) is 2.11. The number of hydrogen-bond donors (Lipinski definition) is 0. The Morgan fingerprint density at radius 1 is 1.47 bits per heavy atom. The van der Waals surface area contributed by atoms with E-state index < -0.39 is 14.3 Å². The van der Waals surface area contributed by atoms with E-state index in [0.29, 0.717) is 0 Å². The van der Waals surface area contributed by atoms with Crippen molar-refractivity contribution in [2.75, 3.05) is 11.4 Å². The summed E-state index contributed by atoms with van der Waals surface area (Å²) in [5.74, 6) is -0.203. The highest BCUT2D eigenvalue weighted by Gasteiger charge is 2.38. The van der Waals surface area contributed by atoms with Crippen LogP contribution < -0.4 is 4.90 Å². The first kappa shape index (κ1) is 14.8. The summed E-state index contributed by atoms with van der Waals surface area (Å²) in [6.07, 6.45) is 0.710. The van der Waals surface area contributed by atoms with Crippen molar-refractivity contribution in [1.82, 2.24) is 0 Å². The molecule has 1 aromatic carbocycles. The zero-order chi connectivity index (χ0) is 14.2. The van der Waals surface area contributed by atoms with Crippen LogP contribution in [-0.2, 0) is 20.3 Å². The van der Waals surface area contributed by atoms with Gasteiger partial charge in [0, 0.05) is 33.8 Å². The summed E-state index contributed by atoms with van der Waals surface area (Å²) in [7, 11) is 1.64. The normalized spacial score (nSPS) is 20.1. The summed E-state index contributed by atoms with van der Waals surface area (Å²) >= 11 is 3.38. The van der Waals surface area contributed by atoms with Gasteiger partial charge in [0.15, 0.2) is 0 Å². The third kappa shape index (κ3) is 3.12. The zero-order valence-corrected chi connectivity index (χ0v) is 13.4. The maximum atomic E-state index is 12.0. The molecule has 0 spiro atoms. The lowest BCUT2D eigenvalue weighted by molar-refractivity contribution is -0.117. The van der Waals surface area contributed by atoms with Gasteiger partial charge in [0.1, 0.15) is 5.25 Å². The second-order valence-corrected chi connectivity index (χ2v) is 8.26. The Kier molecular flexibility index (Phi) is 4.23. The number of benzene rings is 1. The molecule has 4 nitrogen and oxygen atoms in total. The van der Waals surface area contributed by atoms with Gasteiger partial charge in [-0.15, -0.1) is 0 Å². The molecule has 1 saturated heterocycles. The Morgan fingerprint density at radius 2 is 2.16 bits per heavy atom. The van der Waals surface area contributed by atoms with Crippen molar-refractivity contribution in [2.24, 2.45) is 0 Å². The zero-order valence-electron chi connectivity index (χ0n) is 10.3. The molecule has 7 heteroatoms. The van der Waals surface area contributed by atoms with E-state index >= 15 is 0 Å². The third-order valence-corrected chi connectivity index (χ3v) is 5.56. The van der Waals surface area contributed by atoms with E-state index in [1.54, 1.807) is 0 Å². The Balaban J connectivity index is 2.36. The number of nitrogens with zero attached hydrogens (tertiary/aromatic N) is 1. The van der Waals surface area contributed by atoms with Crippen molar-refractivity contribution >= 4 is 47.3 Å². The molecule has 104 valence electrons. The second-order valence-electron chi connectivity index (χ2n) is 4.43. The molecule has 0 N–H and O–H groups in total. The van der Waals surface area contributed by atoms with Crippen molar-refractivity contribution < 1.29 is 13.2 Å². The maximum Gasteiger partial charge on any atom is 0.237 e. The number of carbonyl (C=O) groups is 1. The van der Waals surface area contributed by atoms with Gasteiger partial charge in [-0.1, -0.05) is 22.9 Å². The van der Waals surface area contributed by atoms with Crippen molar-refractivity contribution in [3.63, 3.8) is 0 Å². The van der Waals surface area contributed by atoms with Gasteiger partial charge >= 0.3 is 0 Å². The van der Waals surface area contributed by atoms with Crippen LogP contribution in [0.3, 0.4) is 0 Å². The fourth-order valence-electron chi connectivity index (χ4n) is 2.20. The minimum atomic E-state index is -3.70. The summed E-state index contributed by atoms with van der Waals surface area (Å²) < 4.78 is 23.6. The van der Waals surface area contributed by atoms with Crippen molar-refractivity contribution in [3.05, 3.63) is 28.2 Å². The van der Waals surface area contributed by atoms with Crippen molar-refractivity contribution in [2.45, 2.75) is 25.0 Å². The van der Waals surface area contributed by atoms with Gasteiger partial charge in [0.05, 0.1) is 0 Å². The van der Waals surface area contributed by atoms with Gasteiger partial charge in [-0.2, -0.15) is 0 Å². The van der Waals surface area contributed by atoms with Gasteiger partial charge < -0.3 is 4.90 Å². The summed E-state index contributed by atoms with van der Waals surface area (Å²) in [6, 6.07) is 5.60. The van der Waals surface area contributed by atoms with Crippen LogP contribution in [0.15, 0.2) is 22.7 Å². The highest BCUT2D eigenvalue weighted by molar-refractivity contribution is 9.10. The molecule has 0 radical (unpaired) electrons. The van der Waals surface area contributed by atoms with E-state index in [0.717, 1.165) is 22.1 Å². The van der Waals surface area contributed by atoms with E-state index in [2.05, 4.69) is 15.9 Å². The molecule has 1 atom stereocenters. The smallest absolute Gasteiger partial charge is 0.237 e. The quantitative estimate of drug-likeness (QED) is 0.773. The SMILES string of the molecule is CCc1cc(Br)ccc1N1CC(S(=O)(=O)Cl)CC1=O. The molecule has 1 aliphatic heterocycles. The Labute approximate surface area is 125 Å². The topological polar surface area (TPSA) is 54.5 Å². The minimum absolute atomic E-state index is 0.0505. The largest absolute Gasteiger partial charge is 0.311 e. The standard InChI is InChI=1S/C12H13BrClNO3S/c1-2-8-5-9(13)3-4-11(8)15-7-10(6-12(15)16)19(14,17)18/h3-5,10H,2,6-7H2,1H3. The highest BCUT2D eigenvalue weighted by atomic mass is 79.9. The molecule has 1 unspecified atom stereocenters. The average molecular weight is 367 g/mol. The highest BCUT2D eigenvalue weighted by Crippen LogP contribution is 2.31. The van der Waals surface area contributed by atoms with Gasteiger partial charge in [-0.25, -0.2) is 8.42 Å². The number of rotatable bonds is 3. The molecule has 0 aromatic heterocycles. The Morgan fingerprint density at radius 3 is 2.68 bits per heavy atom. The van der Waals surface area contributed by atoms with Crippen LogP contribution >= 0.6 is 26.6 Å². The second kappa shape index (κ2) is 5.42. The van der Waals surface area contributed by atoms with Crippen molar-refractivity contribution in [3.8, 4) is 0 Å². The fraction of sp³-hybridized carbons (Fsp3) is 0.417. The summed E-state index contributed by atoms with van der Waals surface area (Å²) in [5, 5.41) is -0.824. The lowest BCUT2D eigenvalue weighted by Gasteiger charge is -2.20. The number of amides is 1. The number of carbonyl (C=O) groups excluding carboxylic acids is 1. The van der Waals surface area contributed by atoms with E-state index in [1.165, 1.54) is 4.90 Å². The number of anilines is 1. The first-order chi connectivity index (χ1) is 8.82. The predicted octanol–water partition coefficient (Wildman–Crippen LogP) is 2.69. The van der Waals surface area contributed by atoms with Crippen LogP contribution in [0.4, 0.5) is 5.69 Å². The molecular weight excluding hydrogens is 354 g/mol. The first-order valence-electron chi connectivity index (χ1n) is 5.85. The molecule has 0 bridgehead atoms. The monoisotopic (exact) mass is 365 g/mol. The third-order valence-electron chi connectivity index (χ3n) is 3.20. The Hall–Kier alpha value is -0.590. The molecule has 1 aromatic rings. The minimum Gasteiger partial charge on any atom is -0.311 e. The molecule has 1 aliphatic rings. The molecular formula is C12H13BrClNO3S. The predicted molar refractivity (Wildman–Crippen MR) is 79.1 cm³/mol. The maximum absolute atomic E-state index is 12.0. The fourth-order valence-corrected chi connectivity index (χ4v) is 3.63. The van der Waals surface area contributed by atoms with Crippen LogP contribution in [-0.4, -0.2) is 26.1 Å². The van der Waals surface area contributed by atoms with E-state index in [4.69, 9.17) is 10.7 Å². The van der Waals surface area contributed by atoms with Gasteiger partial charge in [-0.3, -0.25) is 4.79 Å². The molecule has 1 fully saturated rings. The van der Waals surface area contributed by atoms with Gasteiger partial charge in [-0.05, 0) is 30.2 Å². The van der Waals surface area contributed by atoms with Crippen LogP contribution in [0.2, 0.25) is 0 Å². The molecule has 19 heavy (non-hydrogen) atoms. The van der Waals surface area contributed by atoms with Crippen molar-refractivity contribution in [1.29, 1.82) is 0 Å². The summed E-state index contributed by atoms with van der Waals surface area (Å²) in [4.78, 5) is 13.5. The molecule has 0 saturated carbocycles. The average Bonchev–Trinajstić information content (AvgIpc) is 2.71. The number of halogens is 2. The first-order valence-corrected chi connectivity index (χ1v) is 9.01. The van der Waals surface area contributed by atoms with Gasteiger partial charge in [0.2, 0.25) is 15.0 Å². The molecule has 1 amide bonds. The lowest BCUT2D eigenvalue weighted by Crippen LogP contribution is -2.27. The number of aryl methyl sites for hydroxylation is 1. The van der Waals surface area contributed by atoms with Crippen LogP contribution in [0.25, 0.3) is 0 Å². The van der Waals surface area contributed by atoms with Crippen LogP contribution in [0, 0.1) is 0 Å². The molecule has 0 aliphatic carbocycles. The van der Waals surface area contributed by atoms with E-state index in [-0.39, 0.29) is 18.9 Å². The van der Waals surface area contributed by atoms with E-state index in [9.17, 15) is 13.2 Å². The van der Waals surface area contributed by atoms with Crippen LogP contribution in [0.1, 0.15) is 18.9 Å². The number of hydrogen-bond acceptors (Lipinski definition) is 3. The van der Waals surface area contributed by atoms with E-state index in [1.807, 2.05) is 25.1 Å². The lowest BCUT2D eigenvalue weighted by atomic mass is 10.1. The molecule has 2 rings (SSSR count). The van der Waals surface area contributed by atoms with Crippen LogP contribution in [0.5, 0.6) is 0 Å².